The molecule has 132 valence electrons. The molecule has 0 saturated carbocycles. The molecule has 0 radical (unpaired) electrons. The Morgan fingerprint density at radius 2 is 2.08 bits per heavy atom. The zero-order valence-corrected chi connectivity index (χ0v) is 14.5. The molecule has 1 amide bonds. The standard InChI is InChI=1S/C19H22N2O4/c1-3-13-12-21(10-9-15(13)14-7-5-4-6-8-14)18(22)16-11-17(25-20-16)19(23)24-2/h4-8,11,13,15H,3,9-10,12H2,1-2H3/t13-,15+/m1/s1. The molecule has 1 aliphatic heterocycles. The fraction of sp³-hybridized carbons (Fsp3) is 0.421. The molecule has 2 atom stereocenters. The Kier molecular flexibility index (Phi) is 5.16. The molecular weight excluding hydrogens is 320 g/mol. The second-order valence-electron chi connectivity index (χ2n) is 6.29. The number of methoxy groups -OCH3 is 1. The summed E-state index contributed by atoms with van der Waals surface area (Å²) >= 11 is 0. The fourth-order valence-corrected chi connectivity index (χ4v) is 3.50. The van der Waals surface area contributed by atoms with Crippen LogP contribution in [0.3, 0.4) is 0 Å². The second-order valence-corrected chi connectivity index (χ2v) is 6.29. The number of benzene rings is 1. The van der Waals surface area contributed by atoms with Crippen LogP contribution in [-0.2, 0) is 4.74 Å². The van der Waals surface area contributed by atoms with E-state index in [9.17, 15) is 9.59 Å². The third-order valence-electron chi connectivity index (χ3n) is 4.89. The molecular formula is C19H22N2O4. The minimum absolute atomic E-state index is 0.0583. The number of aromatic nitrogens is 1. The molecule has 25 heavy (non-hydrogen) atoms. The van der Waals surface area contributed by atoms with Crippen LogP contribution in [0.15, 0.2) is 40.9 Å². The van der Waals surface area contributed by atoms with E-state index in [0.29, 0.717) is 24.9 Å². The van der Waals surface area contributed by atoms with Crippen molar-refractivity contribution in [1.82, 2.24) is 10.1 Å². The maximum atomic E-state index is 12.7. The molecule has 0 bridgehead atoms. The Morgan fingerprint density at radius 3 is 2.76 bits per heavy atom. The Balaban J connectivity index is 1.71. The lowest BCUT2D eigenvalue weighted by molar-refractivity contribution is 0.0551. The SMILES string of the molecule is CC[C@@H]1CN(C(=O)c2cc(C(=O)OC)on2)CC[C@@H]1c1ccccc1. The van der Waals surface area contributed by atoms with E-state index in [1.165, 1.54) is 18.7 Å². The highest BCUT2D eigenvalue weighted by Gasteiger charge is 2.33. The van der Waals surface area contributed by atoms with Gasteiger partial charge in [0.05, 0.1) is 7.11 Å². The van der Waals surface area contributed by atoms with Crippen LogP contribution < -0.4 is 0 Å². The molecule has 2 heterocycles. The molecule has 3 rings (SSSR count). The summed E-state index contributed by atoms with van der Waals surface area (Å²) in [6.45, 7) is 3.49. The van der Waals surface area contributed by atoms with Gasteiger partial charge >= 0.3 is 5.97 Å². The number of ether oxygens (including phenoxy) is 1. The van der Waals surface area contributed by atoms with Gasteiger partial charge in [0.2, 0.25) is 5.76 Å². The summed E-state index contributed by atoms with van der Waals surface area (Å²) in [4.78, 5) is 25.9. The first-order chi connectivity index (χ1) is 12.1. The smallest absolute Gasteiger partial charge is 0.376 e. The van der Waals surface area contributed by atoms with Gasteiger partial charge in [-0.1, -0.05) is 48.8 Å². The van der Waals surface area contributed by atoms with E-state index in [4.69, 9.17) is 4.52 Å². The van der Waals surface area contributed by atoms with Crippen LogP contribution in [-0.4, -0.2) is 42.1 Å². The summed E-state index contributed by atoms with van der Waals surface area (Å²) in [7, 11) is 1.26. The van der Waals surface area contributed by atoms with Crippen LogP contribution in [0.2, 0.25) is 0 Å². The number of carbonyl (C=O) groups excluding carboxylic acids is 2. The first-order valence-electron chi connectivity index (χ1n) is 8.53. The number of piperidine rings is 1. The van der Waals surface area contributed by atoms with Crippen molar-refractivity contribution in [3.05, 3.63) is 53.4 Å². The molecule has 0 N–H and O–H groups in total. The Bertz CT molecular complexity index is 741. The van der Waals surface area contributed by atoms with Crippen molar-refractivity contribution in [2.75, 3.05) is 20.2 Å². The lowest BCUT2D eigenvalue weighted by Crippen LogP contribution is -2.43. The number of nitrogens with zero attached hydrogens (tertiary/aromatic N) is 2. The van der Waals surface area contributed by atoms with E-state index in [1.807, 2.05) is 6.07 Å². The molecule has 1 aliphatic rings. The van der Waals surface area contributed by atoms with E-state index < -0.39 is 5.97 Å². The first kappa shape index (κ1) is 17.2. The monoisotopic (exact) mass is 342 g/mol. The molecule has 2 aromatic rings. The second kappa shape index (κ2) is 7.51. The summed E-state index contributed by atoms with van der Waals surface area (Å²) in [6.07, 6.45) is 1.91. The van der Waals surface area contributed by atoms with Crippen molar-refractivity contribution < 1.29 is 18.8 Å². The number of likely N-dealkylation sites (tertiary alicyclic amines) is 1. The Morgan fingerprint density at radius 1 is 1.32 bits per heavy atom. The largest absolute Gasteiger partial charge is 0.463 e. The van der Waals surface area contributed by atoms with Crippen LogP contribution in [0.5, 0.6) is 0 Å². The van der Waals surface area contributed by atoms with Crippen LogP contribution in [0, 0.1) is 5.92 Å². The highest BCUT2D eigenvalue weighted by Crippen LogP contribution is 2.35. The van der Waals surface area contributed by atoms with Gasteiger partial charge in [-0.3, -0.25) is 4.79 Å². The zero-order chi connectivity index (χ0) is 17.8. The Hall–Kier alpha value is -2.63. The summed E-state index contributed by atoms with van der Waals surface area (Å²) in [5, 5.41) is 3.72. The summed E-state index contributed by atoms with van der Waals surface area (Å²) in [5.74, 6) is -0.0491. The van der Waals surface area contributed by atoms with E-state index >= 15 is 0 Å². The fourth-order valence-electron chi connectivity index (χ4n) is 3.50. The third-order valence-corrected chi connectivity index (χ3v) is 4.89. The van der Waals surface area contributed by atoms with Gasteiger partial charge in [-0.05, 0) is 23.8 Å². The van der Waals surface area contributed by atoms with Gasteiger partial charge in [0, 0.05) is 19.2 Å². The van der Waals surface area contributed by atoms with E-state index in [2.05, 4.69) is 41.1 Å². The van der Waals surface area contributed by atoms with Gasteiger partial charge < -0.3 is 14.2 Å². The van der Waals surface area contributed by atoms with Crippen LogP contribution in [0.4, 0.5) is 0 Å². The molecule has 1 fully saturated rings. The summed E-state index contributed by atoms with van der Waals surface area (Å²) in [6, 6.07) is 11.8. The normalized spacial score (nSPS) is 20.3. The van der Waals surface area contributed by atoms with Crippen molar-refractivity contribution in [2.45, 2.75) is 25.7 Å². The highest BCUT2D eigenvalue weighted by molar-refractivity contribution is 5.95. The maximum Gasteiger partial charge on any atom is 0.376 e. The average Bonchev–Trinajstić information content (AvgIpc) is 3.17. The number of carbonyl (C=O) groups is 2. The molecule has 6 heteroatoms. The molecule has 1 aromatic heterocycles. The van der Waals surface area contributed by atoms with Gasteiger partial charge in [-0.2, -0.15) is 0 Å². The average molecular weight is 342 g/mol. The number of hydrogen-bond acceptors (Lipinski definition) is 5. The summed E-state index contributed by atoms with van der Waals surface area (Å²) in [5.41, 5.74) is 1.48. The Labute approximate surface area is 146 Å². The molecule has 6 nitrogen and oxygen atoms in total. The molecule has 0 spiro atoms. The third kappa shape index (κ3) is 3.57. The number of rotatable bonds is 4. The van der Waals surface area contributed by atoms with Gasteiger partial charge in [0.15, 0.2) is 5.69 Å². The van der Waals surface area contributed by atoms with Crippen LogP contribution in [0.25, 0.3) is 0 Å². The first-order valence-corrected chi connectivity index (χ1v) is 8.53. The van der Waals surface area contributed by atoms with Crippen molar-refractivity contribution in [2.24, 2.45) is 5.92 Å². The predicted octanol–water partition coefficient (Wildman–Crippen LogP) is 3.12. The quantitative estimate of drug-likeness (QED) is 0.798. The maximum absolute atomic E-state index is 12.7. The molecule has 0 unspecified atom stereocenters. The molecule has 1 saturated heterocycles. The highest BCUT2D eigenvalue weighted by atomic mass is 16.5. The minimum atomic E-state index is -0.638. The lowest BCUT2D eigenvalue weighted by atomic mass is 9.79. The molecule has 0 aliphatic carbocycles. The van der Waals surface area contributed by atoms with E-state index in [1.54, 1.807) is 4.90 Å². The number of hydrogen-bond donors (Lipinski definition) is 0. The van der Waals surface area contributed by atoms with Crippen molar-refractivity contribution in [3.8, 4) is 0 Å². The van der Waals surface area contributed by atoms with Crippen LogP contribution >= 0.6 is 0 Å². The summed E-state index contributed by atoms with van der Waals surface area (Å²) < 4.78 is 9.48. The van der Waals surface area contributed by atoms with E-state index in [0.717, 1.165) is 12.8 Å². The van der Waals surface area contributed by atoms with Crippen molar-refractivity contribution >= 4 is 11.9 Å². The number of amides is 1. The zero-order valence-electron chi connectivity index (χ0n) is 14.5. The number of esters is 1. The molecule has 1 aromatic carbocycles. The van der Waals surface area contributed by atoms with Gasteiger partial charge in [0.25, 0.3) is 5.91 Å². The van der Waals surface area contributed by atoms with Gasteiger partial charge in [-0.15, -0.1) is 0 Å². The van der Waals surface area contributed by atoms with Gasteiger partial charge in [0.1, 0.15) is 0 Å². The van der Waals surface area contributed by atoms with Crippen LogP contribution in [0.1, 0.15) is 52.3 Å². The van der Waals surface area contributed by atoms with Crippen molar-refractivity contribution in [1.29, 1.82) is 0 Å². The lowest BCUT2D eigenvalue weighted by Gasteiger charge is -2.38. The van der Waals surface area contributed by atoms with Crippen molar-refractivity contribution in [3.63, 3.8) is 0 Å². The minimum Gasteiger partial charge on any atom is -0.463 e. The van der Waals surface area contributed by atoms with E-state index in [-0.39, 0.29) is 17.4 Å². The van der Waals surface area contributed by atoms with Gasteiger partial charge in [-0.25, -0.2) is 4.79 Å². The predicted molar refractivity (Wildman–Crippen MR) is 91.3 cm³/mol. The topological polar surface area (TPSA) is 72.6 Å².